The topological polar surface area (TPSA) is 46.5 Å². The Kier molecular flexibility index (Phi) is 11.1. The number of fused-ring (bicyclic) bond motifs is 6. The van der Waals surface area contributed by atoms with Crippen molar-refractivity contribution in [2.75, 3.05) is 0 Å². The normalized spacial score (nSPS) is 11.6. The SMILES string of the molecule is Cc1ccc(-c2ccc3c4ccc(-c5ccc(C)cc5C)cc4n(-c4cc(-c5cc(C)nc(C)c5)c(-n5c6cc(-c7ccc(C)cc7C)ccc6c6ccc(-c7ccc(C)cc7C)cc65)cc4C#N)c3c2)c(C)c1. The number of rotatable bonds is 7. The van der Waals surface area contributed by atoms with Crippen LogP contribution in [0.25, 0.3) is 111 Å². The van der Waals surface area contributed by atoms with Crippen LogP contribution in [0, 0.1) is 80.6 Å². The molecule has 0 aliphatic rings. The highest BCUT2D eigenvalue weighted by atomic mass is 15.0. The maximum absolute atomic E-state index is 11.8. The maximum Gasteiger partial charge on any atom is 0.101 e. The minimum absolute atomic E-state index is 0.574. The highest BCUT2D eigenvalue weighted by Gasteiger charge is 2.24. The predicted molar refractivity (Wildman–Crippen MR) is 312 cm³/mol. The lowest BCUT2D eigenvalue weighted by Crippen LogP contribution is -2.05. The first-order valence-electron chi connectivity index (χ1n) is 25.7. The van der Waals surface area contributed by atoms with Crippen LogP contribution in [-0.2, 0) is 0 Å². The molecule has 0 saturated heterocycles. The Labute approximate surface area is 434 Å². The van der Waals surface area contributed by atoms with Crippen molar-refractivity contribution in [1.29, 1.82) is 5.26 Å². The number of nitriles is 1. The largest absolute Gasteiger partial charge is 0.309 e. The fourth-order valence-electron chi connectivity index (χ4n) is 12.0. The monoisotopic (exact) mass is 954 g/mol. The molecule has 4 nitrogen and oxygen atoms in total. The average Bonchev–Trinajstić information content (AvgIpc) is 3.87. The molecule has 0 N–H and O–H groups in total. The van der Waals surface area contributed by atoms with Gasteiger partial charge in [0.25, 0.3) is 0 Å². The summed E-state index contributed by atoms with van der Waals surface area (Å²) in [6, 6.07) is 66.0. The van der Waals surface area contributed by atoms with Gasteiger partial charge < -0.3 is 9.13 Å². The van der Waals surface area contributed by atoms with Crippen LogP contribution in [0.2, 0.25) is 0 Å². The quantitative estimate of drug-likeness (QED) is 0.160. The predicted octanol–water partition coefficient (Wildman–Crippen LogP) is 18.6. The number of aromatic nitrogens is 3. The molecule has 0 unspecified atom stereocenters. The van der Waals surface area contributed by atoms with Gasteiger partial charge in [0.2, 0.25) is 0 Å². The van der Waals surface area contributed by atoms with Crippen molar-refractivity contribution in [3.8, 4) is 73.1 Å². The molecule has 12 rings (SSSR count). The van der Waals surface area contributed by atoms with E-state index in [9.17, 15) is 5.26 Å². The van der Waals surface area contributed by atoms with Gasteiger partial charge in [0.05, 0.1) is 39.0 Å². The third-order valence-corrected chi connectivity index (χ3v) is 15.4. The fourth-order valence-corrected chi connectivity index (χ4v) is 12.0. The fraction of sp³-hybridized carbons (Fsp3) is 0.143. The molecule has 4 heteroatoms. The molecule has 0 spiro atoms. The molecule has 0 bridgehead atoms. The Morgan fingerprint density at radius 3 is 0.946 bits per heavy atom. The molecule has 0 atom stereocenters. The van der Waals surface area contributed by atoms with Crippen molar-refractivity contribution >= 4 is 43.6 Å². The molecule has 0 radical (unpaired) electrons. The van der Waals surface area contributed by atoms with Gasteiger partial charge >= 0.3 is 0 Å². The molecule has 0 aliphatic heterocycles. The summed E-state index contributed by atoms with van der Waals surface area (Å²) in [6.07, 6.45) is 0. The van der Waals surface area contributed by atoms with Crippen LogP contribution < -0.4 is 0 Å². The molecule has 12 aromatic rings. The second-order valence-electron chi connectivity index (χ2n) is 21.0. The number of aryl methyl sites for hydroxylation is 10. The van der Waals surface area contributed by atoms with Crippen LogP contribution in [-0.4, -0.2) is 14.1 Å². The molecule has 3 aromatic heterocycles. The summed E-state index contributed by atoms with van der Waals surface area (Å²) in [5.41, 5.74) is 29.7. The average molecular weight is 955 g/mol. The maximum atomic E-state index is 11.8. The molecule has 358 valence electrons. The van der Waals surface area contributed by atoms with E-state index in [2.05, 4.69) is 254 Å². The smallest absolute Gasteiger partial charge is 0.101 e. The third kappa shape index (κ3) is 7.79. The number of hydrogen-bond donors (Lipinski definition) is 0. The van der Waals surface area contributed by atoms with Crippen LogP contribution >= 0.6 is 0 Å². The molecule has 0 amide bonds. The Hall–Kier alpha value is -8.78. The van der Waals surface area contributed by atoms with Crippen LogP contribution in [0.4, 0.5) is 0 Å². The molecule has 9 aromatic carbocycles. The lowest BCUT2D eigenvalue weighted by atomic mass is 9.96. The summed E-state index contributed by atoms with van der Waals surface area (Å²) in [6.45, 7) is 21.5. The van der Waals surface area contributed by atoms with Gasteiger partial charge in [0.15, 0.2) is 0 Å². The Morgan fingerprint density at radius 1 is 0.311 bits per heavy atom. The minimum atomic E-state index is 0.574. The standard InChI is InChI=1S/C70H58N4/c1-40-11-19-56(44(5)27-40)50-15-23-60-61-24-16-51(57-20-12-41(2)28-45(57)6)34-67(61)73(66(60)33-50)65-38-64(54-31-48(9)72-49(10)32-54)70(37-55(65)39-71)74-68-35-52(58-21-13-42(3)29-46(58)7)17-25-62(68)63-26-18-53(36-69(63)74)59-22-14-43(4)30-47(59)8/h11-38H,1-10H3. The molecule has 0 saturated carbocycles. The summed E-state index contributed by atoms with van der Waals surface area (Å²) >= 11 is 0. The zero-order chi connectivity index (χ0) is 51.3. The summed E-state index contributed by atoms with van der Waals surface area (Å²) in [5, 5.41) is 16.3. The van der Waals surface area contributed by atoms with Gasteiger partial charge in [0, 0.05) is 38.5 Å². The van der Waals surface area contributed by atoms with E-state index < -0.39 is 0 Å². The Bertz CT molecular complexity index is 4140. The van der Waals surface area contributed by atoms with Crippen LogP contribution in [0.1, 0.15) is 61.5 Å². The van der Waals surface area contributed by atoms with Crippen molar-refractivity contribution < 1.29 is 0 Å². The summed E-state index contributed by atoms with van der Waals surface area (Å²) in [7, 11) is 0. The molecular formula is C70H58N4. The van der Waals surface area contributed by atoms with Crippen molar-refractivity contribution in [2.24, 2.45) is 0 Å². The number of benzene rings is 9. The van der Waals surface area contributed by atoms with Crippen LogP contribution in [0.3, 0.4) is 0 Å². The van der Waals surface area contributed by atoms with Crippen molar-refractivity contribution in [3.63, 3.8) is 0 Å². The first kappa shape index (κ1) is 46.3. The molecule has 0 aliphatic carbocycles. The lowest BCUT2D eigenvalue weighted by molar-refractivity contribution is 1.11. The highest BCUT2D eigenvalue weighted by Crippen LogP contribution is 2.45. The number of pyridine rings is 1. The van der Waals surface area contributed by atoms with E-state index in [-0.39, 0.29) is 0 Å². The Morgan fingerprint density at radius 2 is 0.635 bits per heavy atom. The second-order valence-corrected chi connectivity index (χ2v) is 21.0. The summed E-state index contributed by atoms with van der Waals surface area (Å²) in [5.74, 6) is 0. The van der Waals surface area contributed by atoms with Crippen LogP contribution in [0.5, 0.6) is 0 Å². The van der Waals surface area contributed by atoms with Gasteiger partial charge in [-0.1, -0.05) is 144 Å². The number of nitrogens with zero attached hydrogens (tertiary/aromatic N) is 4. The van der Waals surface area contributed by atoms with Gasteiger partial charge in [-0.3, -0.25) is 4.98 Å². The van der Waals surface area contributed by atoms with E-state index in [1.807, 2.05) is 0 Å². The van der Waals surface area contributed by atoms with E-state index in [1.54, 1.807) is 0 Å². The molecule has 3 heterocycles. The van der Waals surface area contributed by atoms with Crippen molar-refractivity contribution in [3.05, 3.63) is 231 Å². The van der Waals surface area contributed by atoms with E-state index in [0.717, 1.165) is 99.8 Å². The molecule has 74 heavy (non-hydrogen) atoms. The zero-order valence-electron chi connectivity index (χ0n) is 44.0. The van der Waals surface area contributed by atoms with Gasteiger partial charge in [-0.05, 0) is 190 Å². The summed E-state index contributed by atoms with van der Waals surface area (Å²) in [4.78, 5) is 4.90. The van der Waals surface area contributed by atoms with Gasteiger partial charge in [-0.25, -0.2) is 0 Å². The summed E-state index contributed by atoms with van der Waals surface area (Å²) < 4.78 is 4.79. The van der Waals surface area contributed by atoms with E-state index >= 15 is 0 Å². The van der Waals surface area contributed by atoms with Crippen molar-refractivity contribution in [2.45, 2.75) is 69.2 Å². The highest BCUT2D eigenvalue weighted by molar-refractivity contribution is 6.13. The minimum Gasteiger partial charge on any atom is -0.309 e. The first-order chi connectivity index (χ1) is 35.7. The van der Waals surface area contributed by atoms with Gasteiger partial charge in [-0.2, -0.15) is 5.26 Å². The Balaban J connectivity index is 1.21. The van der Waals surface area contributed by atoms with E-state index in [1.165, 1.54) is 66.8 Å². The molecule has 0 fully saturated rings. The first-order valence-corrected chi connectivity index (χ1v) is 25.7. The third-order valence-electron chi connectivity index (χ3n) is 15.4. The van der Waals surface area contributed by atoms with Gasteiger partial charge in [-0.15, -0.1) is 0 Å². The van der Waals surface area contributed by atoms with E-state index in [4.69, 9.17) is 4.98 Å². The molecular weight excluding hydrogens is 897 g/mol. The zero-order valence-corrected chi connectivity index (χ0v) is 44.0. The van der Waals surface area contributed by atoms with E-state index in [0.29, 0.717) is 5.56 Å². The van der Waals surface area contributed by atoms with Gasteiger partial charge in [0.1, 0.15) is 6.07 Å². The van der Waals surface area contributed by atoms with Crippen molar-refractivity contribution in [1.82, 2.24) is 14.1 Å². The lowest BCUT2D eigenvalue weighted by Gasteiger charge is -2.20. The van der Waals surface area contributed by atoms with Crippen LogP contribution in [0.15, 0.2) is 170 Å². The second kappa shape index (κ2) is 17.8. The number of hydrogen-bond acceptors (Lipinski definition) is 2.